The molecule has 0 aliphatic heterocycles. The molecule has 0 saturated heterocycles. The standard InChI is InChI=1S/C16H22N4/c1-3-17-15-19-13-8-5-4-7-12(13)14(20-15)18-11-16(2)9-6-10-16/h4-5,7-8H,3,6,9-11H2,1-2H3,(H2,17,18,19,20). The van der Waals surface area contributed by atoms with Crippen molar-refractivity contribution < 1.29 is 0 Å². The predicted octanol–water partition coefficient (Wildman–Crippen LogP) is 3.66. The minimum atomic E-state index is 0.435. The van der Waals surface area contributed by atoms with Gasteiger partial charge < -0.3 is 10.6 Å². The van der Waals surface area contributed by atoms with Gasteiger partial charge in [-0.1, -0.05) is 25.5 Å². The van der Waals surface area contributed by atoms with Crippen LogP contribution in [0.25, 0.3) is 10.9 Å². The molecule has 106 valence electrons. The third-order valence-corrected chi connectivity index (χ3v) is 4.18. The SMILES string of the molecule is CCNc1nc(NCC2(C)CCC2)c2ccccc2n1. The van der Waals surface area contributed by atoms with Gasteiger partial charge in [0.2, 0.25) is 5.95 Å². The third kappa shape index (κ3) is 2.55. The second-order valence-corrected chi connectivity index (χ2v) is 5.96. The number of hydrogen-bond donors (Lipinski definition) is 2. The molecule has 4 nitrogen and oxygen atoms in total. The fourth-order valence-corrected chi connectivity index (χ4v) is 2.70. The Bertz CT molecular complexity index is 604. The van der Waals surface area contributed by atoms with Crippen LogP contribution in [0.1, 0.15) is 33.1 Å². The highest BCUT2D eigenvalue weighted by atomic mass is 15.1. The van der Waals surface area contributed by atoms with Crippen LogP contribution in [0.3, 0.4) is 0 Å². The zero-order valence-corrected chi connectivity index (χ0v) is 12.2. The van der Waals surface area contributed by atoms with Gasteiger partial charge in [0.25, 0.3) is 0 Å². The number of para-hydroxylation sites is 1. The molecule has 0 atom stereocenters. The van der Waals surface area contributed by atoms with Crippen molar-refractivity contribution in [3.63, 3.8) is 0 Å². The van der Waals surface area contributed by atoms with E-state index in [9.17, 15) is 0 Å². The first-order valence-electron chi connectivity index (χ1n) is 7.45. The van der Waals surface area contributed by atoms with Crippen molar-refractivity contribution in [1.29, 1.82) is 0 Å². The normalized spacial score (nSPS) is 16.7. The molecule has 1 aromatic heterocycles. The Hall–Kier alpha value is -1.84. The number of hydrogen-bond acceptors (Lipinski definition) is 4. The summed E-state index contributed by atoms with van der Waals surface area (Å²) < 4.78 is 0. The summed E-state index contributed by atoms with van der Waals surface area (Å²) >= 11 is 0. The minimum Gasteiger partial charge on any atom is -0.369 e. The molecule has 3 rings (SSSR count). The third-order valence-electron chi connectivity index (χ3n) is 4.18. The van der Waals surface area contributed by atoms with Crippen molar-refractivity contribution in [3.8, 4) is 0 Å². The van der Waals surface area contributed by atoms with Gasteiger partial charge in [-0.05, 0) is 37.3 Å². The van der Waals surface area contributed by atoms with E-state index in [1.54, 1.807) is 0 Å². The predicted molar refractivity (Wildman–Crippen MR) is 84.1 cm³/mol. The highest BCUT2D eigenvalue weighted by Crippen LogP contribution is 2.40. The van der Waals surface area contributed by atoms with Crippen LogP contribution >= 0.6 is 0 Å². The largest absolute Gasteiger partial charge is 0.369 e. The van der Waals surface area contributed by atoms with Gasteiger partial charge in [0.15, 0.2) is 0 Å². The van der Waals surface area contributed by atoms with E-state index >= 15 is 0 Å². The smallest absolute Gasteiger partial charge is 0.225 e. The van der Waals surface area contributed by atoms with Gasteiger partial charge in [0.05, 0.1) is 5.52 Å². The van der Waals surface area contributed by atoms with E-state index < -0.39 is 0 Å². The quantitative estimate of drug-likeness (QED) is 0.870. The zero-order chi connectivity index (χ0) is 14.0. The van der Waals surface area contributed by atoms with Gasteiger partial charge in [-0.3, -0.25) is 0 Å². The summed E-state index contributed by atoms with van der Waals surface area (Å²) in [6.45, 7) is 6.22. The van der Waals surface area contributed by atoms with Crippen molar-refractivity contribution in [1.82, 2.24) is 9.97 Å². The maximum absolute atomic E-state index is 4.62. The summed E-state index contributed by atoms with van der Waals surface area (Å²) in [4.78, 5) is 9.16. The van der Waals surface area contributed by atoms with E-state index in [0.29, 0.717) is 11.4 Å². The summed E-state index contributed by atoms with van der Waals surface area (Å²) in [5.74, 6) is 1.65. The molecule has 0 unspecified atom stereocenters. The van der Waals surface area contributed by atoms with E-state index in [2.05, 4.69) is 40.5 Å². The molecular weight excluding hydrogens is 248 g/mol. The summed E-state index contributed by atoms with van der Waals surface area (Å²) in [7, 11) is 0. The van der Waals surface area contributed by atoms with Crippen LogP contribution in [0.4, 0.5) is 11.8 Å². The number of nitrogens with zero attached hydrogens (tertiary/aromatic N) is 2. The fraction of sp³-hybridized carbons (Fsp3) is 0.500. The number of benzene rings is 1. The average Bonchev–Trinajstić information content (AvgIpc) is 2.43. The van der Waals surface area contributed by atoms with Gasteiger partial charge >= 0.3 is 0 Å². The molecule has 0 spiro atoms. The molecule has 1 saturated carbocycles. The maximum Gasteiger partial charge on any atom is 0.225 e. The second kappa shape index (κ2) is 5.27. The monoisotopic (exact) mass is 270 g/mol. The second-order valence-electron chi connectivity index (χ2n) is 5.96. The highest BCUT2D eigenvalue weighted by molar-refractivity contribution is 5.90. The van der Waals surface area contributed by atoms with Crippen LogP contribution in [0, 0.1) is 5.41 Å². The van der Waals surface area contributed by atoms with Gasteiger partial charge in [-0.15, -0.1) is 0 Å². The van der Waals surface area contributed by atoms with Crippen LogP contribution in [-0.2, 0) is 0 Å². The Labute approximate surface area is 120 Å². The lowest BCUT2D eigenvalue weighted by molar-refractivity contribution is 0.180. The number of nitrogens with one attached hydrogen (secondary N) is 2. The first-order valence-corrected chi connectivity index (χ1v) is 7.45. The Morgan fingerprint density at radius 1 is 1.15 bits per heavy atom. The van der Waals surface area contributed by atoms with E-state index in [0.717, 1.165) is 29.8 Å². The molecule has 4 heteroatoms. The molecule has 1 aliphatic carbocycles. The lowest BCUT2D eigenvalue weighted by Gasteiger charge is -2.38. The lowest BCUT2D eigenvalue weighted by atomic mass is 9.70. The molecule has 2 aromatic rings. The first-order chi connectivity index (χ1) is 9.70. The Morgan fingerprint density at radius 3 is 2.65 bits per heavy atom. The summed E-state index contributed by atoms with van der Waals surface area (Å²) in [5, 5.41) is 7.84. The van der Waals surface area contributed by atoms with Gasteiger partial charge in [0.1, 0.15) is 5.82 Å². The average molecular weight is 270 g/mol. The van der Waals surface area contributed by atoms with E-state index in [1.165, 1.54) is 19.3 Å². The molecule has 1 aliphatic rings. The summed E-state index contributed by atoms with van der Waals surface area (Å²) in [6.07, 6.45) is 3.97. The van der Waals surface area contributed by atoms with Crippen LogP contribution in [0.2, 0.25) is 0 Å². The van der Waals surface area contributed by atoms with Crippen molar-refractivity contribution in [2.75, 3.05) is 23.7 Å². The first kappa shape index (κ1) is 13.2. The van der Waals surface area contributed by atoms with Crippen LogP contribution < -0.4 is 10.6 Å². The van der Waals surface area contributed by atoms with E-state index in [4.69, 9.17) is 0 Å². The molecule has 1 aromatic carbocycles. The number of anilines is 2. The molecule has 1 heterocycles. The number of aromatic nitrogens is 2. The summed E-state index contributed by atoms with van der Waals surface area (Å²) in [5.41, 5.74) is 1.42. The Balaban J connectivity index is 1.90. The van der Waals surface area contributed by atoms with Crippen LogP contribution in [0.15, 0.2) is 24.3 Å². The molecule has 0 bridgehead atoms. The van der Waals surface area contributed by atoms with Gasteiger partial charge in [-0.25, -0.2) is 4.98 Å². The molecule has 0 radical (unpaired) electrons. The van der Waals surface area contributed by atoms with Gasteiger partial charge in [-0.2, -0.15) is 4.98 Å². The Kier molecular flexibility index (Phi) is 3.47. The van der Waals surface area contributed by atoms with Crippen molar-refractivity contribution in [3.05, 3.63) is 24.3 Å². The summed E-state index contributed by atoms with van der Waals surface area (Å²) in [6, 6.07) is 8.17. The topological polar surface area (TPSA) is 49.8 Å². The van der Waals surface area contributed by atoms with Crippen molar-refractivity contribution in [2.45, 2.75) is 33.1 Å². The zero-order valence-electron chi connectivity index (χ0n) is 12.2. The lowest BCUT2D eigenvalue weighted by Crippen LogP contribution is -2.33. The molecule has 0 amide bonds. The van der Waals surface area contributed by atoms with E-state index in [1.807, 2.05) is 18.2 Å². The minimum absolute atomic E-state index is 0.435. The highest BCUT2D eigenvalue weighted by Gasteiger charge is 2.31. The molecule has 2 N–H and O–H groups in total. The fourth-order valence-electron chi connectivity index (χ4n) is 2.70. The maximum atomic E-state index is 4.62. The van der Waals surface area contributed by atoms with E-state index in [-0.39, 0.29) is 0 Å². The number of fused-ring (bicyclic) bond motifs is 1. The van der Waals surface area contributed by atoms with Crippen molar-refractivity contribution in [2.24, 2.45) is 5.41 Å². The molecule has 1 fully saturated rings. The Morgan fingerprint density at radius 2 is 1.95 bits per heavy atom. The molecule has 20 heavy (non-hydrogen) atoms. The molecular formula is C16H22N4. The van der Waals surface area contributed by atoms with Gasteiger partial charge in [0, 0.05) is 18.5 Å². The van der Waals surface area contributed by atoms with Crippen molar-refractivity contribution >= 4 is 22.7 Å². The van der Waals surface area contributed by atoms with Crippen LogP contribution in [-0.4, -0.2) is 23.1 Å². The van der Waals surface area contributed by atoms with Crippen LogP contribution in [0.5, 0.6) is 0 Å². The number of rotatable bonds is 5.